The summed E-state index contributed by atoms with van der Waals surface area (Å²) in [6, 6.07) is 4.34. The molecule has 0 saturated carbocycles. The molecule has 0 aromatic heterocycles. The molecule has 4 N–H and O–H groups in total. The largest absolute Gasteiger partial charge is 0.300 e. The van der Waals surface area contributed by atoms with Crippen molar-refractivity contribution in [2.24, 2.45) is 5.84 Å². The van der Waals surface area contributed by atoms with Crippen LogP contribution >= 0.6 is 0 Å². The maximum atomic E-state index is 5.48. The predicted molar refractivity (Wildman–Crippen MR) is 59.8 cm³/mol. The van der Waals surface area contributed by atoms with E-state index < -0.39 is 0 Å². The van der Waals surface area contributed by atoms with Gasteiger partial charge in [0.1, 0.15) is 0 Å². The molecule has 14 heavy (non-hydrogen) atoms. The Hall–Kier alpha value is -0.900. The van der Waals surface area contributed by atoms with Gasteiger partial charge in [-0.1, -0.05) is 17.7 Å². The fourth-order valence-corrected chi connectivity index (χ4v) is 1.96. The molecule has 1 atom stereocenters. The van der Waals surface area contributed by atoms with Gasteiger partial charge >= 0.3 is 0 Å². The molecule has 0 saturated heterocycles. The average molecular weight is 193 g/mol. The summed E-state index contributed by atoms with van der Waals surface area (Å²) in [5.74, 6) is 5.48. The van der Waals surface area contributed by atoms with Gasteiger partial charge in [-0.05, 0) is 44.5 Å². The van der Waals surface area contributed by atoms with E-state index in [1.807, 2.05) is 7.05 Å². The summed E-state index contributed by atoms with van der Waals surface area (Å²) < 4.78 is 0. The van der Waals surface area contributed by atoms with E-state index in [1.165, 1.54) is 22.3 Å². The molecule has 1 aromatic carbocycles. The van der Waals surface area contributed by atoms with E-state index in [9.17, 15) is 0 Å². The molecule has 0 aliphatic carbocycles. The van der Waals surface area contributed by atoms with Gasteiger partial charge in [-0.2, -0.15) is 0 Å². The van der Waals surface area contributed by atoms with Gasteiger partial charge in [-0.3, -0.25) is 5.84 Å². The third kappa shape index (κ3) is 2.12. The van der Waals surface area contributed by atoms with Crippen LogP contribution in [0.1, 0.15) is 28.4 Å². The van der Waals surface area contributed by atoms with E-state index in [0.29, 0.717) is 0 Å². The first-order valence-corrected chi connectivity index (χ1v) is 4.81. The first-order chi connectivity index (χ1) is 6.60. The zero-order valence-electron chi connectivity index (χ0n) is 9.31. The van der Waals surface area contributed by atoms with Gasteiger partial charge in [0.15, 0.2) is 0 Å². The maximum absolute atomic E-state index is 5.48. The zero-order chi connectivity index (χ0) is 10.7. The predicted octanol–water partition coefficient (Wildman–Crippen LogP) is 1.29. The fourth-order valence-electron chi connectivity index (χ4n) is 1.96. The minimum atomic E-state index is 0.0237. The average Bonchev–Trinajstić information content (AvgIpc) is 2.10. The molecule has 1 rings (SSSR count). The Morgan fingerprint density at radius 3 is 2.00 bits per heavy atom. The van der Waals surface area contributed by atoms with Gasteiger partial charge in [0, 0.05) is 0 Å². The van der Waals surface area contributed by atoms with Crippen LogP contribution in [-0.4, -0.2) is 7.05 Å². The summed E-state index contributed by atoms with van der Waals surface area (Å²) in [6.07, 6.45) is 0.0237. The van der Waals surface area contributed by atoms with Gasteiger partial charge in [-0.15, -0.1) is 0 Å². The van der Waals surface area contributed by atoms with Crippen LogP contribution in [0.3, 0.4) is 0 Å². The molecule has 0 fully saturated rings. The van der Waals surface area contributed by atoms with Crippen LogP contribution in [0, 0.1) is 20.8 Å². The minimum Gasteiger partial charge on any atom is -0.300 e. The first kappa shape index (κ1) is 11.2. The van der Waals surface area contributed by atoms with Gasteiger partial charge in [0.25, 0.3) is 0 Å². The highest BCUT2D eigenvalue weighted by Crippen LogP contribution is 2.21. The fraction of sp³-hybridized carbons (Fsp3) is 0.455. The molecule has 78 valence electrons. The molecule has 0 aliphatic heterocycles. The van der Waals surface area contributed by atoms with Crippen molar-refractivity contribution in [2.75, 3.05) is 7.05 Å². The number of nitrogens with one attached hydrogen (secondary N) is 2. The highest BCUT2D eigenvalue weighted by molar-refractivity contribution is 5.39. The van der Waals surface area contributed by atoms with Crippen LogP contribution in [0.5, 0.6) is 0 Å². The number of aryl methyl sites for hydroxylation is 3. The van der Waals surface area contributed by atoms with Crippen LogP contribution < -0.4 is 16.6 Å². The molecular weight excluding hydrogens is 174 g/mol. The molecule has 0 bridgehead atoms. The number of hydrazine groups is 1. The molecule has 0 aliphatic rings. The van der Waals surface area contributed by atoms with Crippen LogP contribution in [0.15, 0.2) is 12.1 Å². The second kappa shape index (κ2) is 4.55. The monoisotopic (exact) mass is 193 g/mol. The van der Waals surface area contributed by atoms with E-state index in [-0.39, 0.29) is 6.17 Å². The normalized spacial score (nSPS) is 12.9. The lowest BCUT2D eigenvalue weighted by Crippen LogP contribution is -2.37. The van der Waals surface area contributed by atoms with Crippen molar-refractivity contribution < 1.29 is 0 Å². The summed E-state index contributed by atoms with van der Waals surface area (Å²) in [4.78, 5) is 0. The molecular formula is C11H19N3. The smallest absolute Gasteiger partial charge is 0.0963 e. The Labute approximate surface area is 85.7 Å². The Kier molecular flexibility index (Phi) is 3.63. The number of benzene rings is 1. The van der Waals surface area contributed by atoms with E-state index in [2.05, 4.69) is 43.6 Å². The van der Waals surface area contributed by atoms with Crippen LogP contribution in [-0.2, 0) is 0 Å². The van der Waals surface area contributed by atoms with Crippen molar-refractivity contribution in [1.29, 1.82) is 0 Å². The molecule has 1 aromatic rings. The van der Waals surface area contributed by atoms with E-state index in [0.717, 1.165) is 0 Å². The first-order valence-electron chi connectivity index (χ1n) is 4.81. The van der Waals surface area contributed by atoms with Crippen LogP contribution in [0.25, 0.3) is 0 Å². The zero-order valence-corrected chi connectivity index (χ0v) is 9.31. The van der Waals surface area contributed by atoms with Crippen molar-refractivity contribution in [3.8, 4) is 0 Å². The third-order valence-electron chi connectivity index (χ3n) is 2.48. The van der Waals surface area contributed by atoms with Crippen molar-refractivity contribution in [3.63, 3.8) is 0 Å². The molecule has 0 heterocycles. The second-order valence-electron chi connectivity index (χ2n) is 3.70. The topological polar surface area (TPSA) is 50.1 Å². The highest BCUT2D eigenvalue weighted by Gasteiger charge is 2.12. The van der Waals surface area contributed by atoms with Gasteiger partial charge in [-0.25, -0.2) is 5.43 Å². The summed E-state index contributed by atoms with van der Waals surface area (Å²) in [6.45, 7) is 6.32. The van der Waals surface area contributed by atoms with E-state index in [1.54, 1.807) is 0 Å². The molecule has 0 radical (unpaired) electrons. The summed E-state index contributed by atoms with van der Waals surface area (Å²) in [7, 11) is 1.89. The molecule has 0 amide bonds. The molecule has 3 nitrogen and oxygen atoms in total. The SMILES string of the molecule is CNC(NN)c1c(C)cc(C)cc1C. The van der Waals surface area contributed by atoms with Gasteiger partial charge < -0.3 is 5.32 Å². The Balaban J connectivity index is 3.19. The lowest BCUT2D eigenvalue weighted by molar-refractivity contribution is 0.484. The lowest BCUT2D eigenvalue weighted by Gasteiger charge is -2.20. The quantitative estimate of drug-likeness (QED) is 0.385. The number of rotatable bonds is 3. The molecule has 0 spiro atoms. The van der Waals surface area contributed by atoms with E-state index in [4.69, 9.17) is 5.84 Å². The third-order valence-corrected chi connectivity index (χ3v) is 2.48. The van der Waals surface area contributed by atoms with Crippen molar-refractivity contribution >= 4 is 0 Å². The van der Waals surface area contributed by atoms with Crippen molar-refractivity contribution in [3.05, 3.63) is 34.4 Å². The Morgan fingerprint density at radius 2 is 1.64 bits per heavy atom. The van der Waals surface area contributed by atoms with Gasteiger partial charge in [0.05, 0.1) is 6.17 Å². The lowest BCUT2D eigenvalue weighted by atomic mass is 9.98. The van der Waals surface area contributed by atoms with Crippen LogP contribution in [0.4, 0.5) is 0 Å². The molecule has 1 unspecified atom stereocenters. The highest BCUT2D eigenvalue weighted by atomic mass is 15.3. The standard InChI is InChI=1S/C11H19N3/c1-7-5-8(2)10(9(3)6-7)11(13-4)14-12/h5-6,11,13-14H,12H2,1-4H3. The summed E-state index contributed by atoms with van der Waals surface area (Å²) in [5, 5.41) is 3.13. The Morgan fingerprint density at radius 1 is 1.14 bits per heavy atom. The minimum absolute atomic E-state index is 0.0237. The van der Waals surface area contributed by atoms with Crippen LogP contribution in [0.2, 0.25) is 0 Å². The van der Waals surface area contributed by atoms with Gasteiger partial charge in [0.2, 0.25) is 0 Å². The summed E-state index contributed by atoms with van der Waals surface area (Å²) >= 11 is 0. The number of nitrogens with two attached hydrogens (primary N) is 1. The van der Waals surface area contributed by atoms with E-state index >= 15 is 0 Å². The number of hydrogen-bond acceptors (Lipinski definition) is 3. The van der Waals surface area contributed by atoms with Crippen molar-refractivity contribution in [2.45, 2.75) is 26.9 Å². The second-order valence-corrected chi connectivity index (χ2v) is 3.70. The molecule has 3 heteroatoms. The summed E-state index contributed by atoms with van der Waals surface area (Å²) in [5.41, 5.74) is 7.81. The number of hydrogen-bond donors (Lipinski definition) is 3. The van der Waals surface area contributed by atoms with Crippen molar-refractivity contribution in [1.82, 2.24) is 10.7 Å². The maximum Gasteiger partial charge on any atom is 0.0963 e. The Bertz CT molecular complexity index is 293.